The number of nitrogens with zero attached hydrogens (tertiary/aromatic N) is 1. The van der Waals surface area contributed by atoms with Gasteiger partial charge in [0.2, 0.25) is 0 Å². The van der Waals surface area contributed by atoms with Gasteiger partial charge in [0.05, 0.1) is 12.3 Å². The van der Waals surface area contributed by atoms with Crippen LogP contribution in [0.2, 0.25) is 0 Å². The number of halogens is 1. The summed E-state index contributed by atoms with van der Waals surface area (Å²) in [5.41, 5.74) is 5.95. The molecule has 2 aromatic carbocycles. The van der Waals surface area contributed by atoms with Crippen LogP contribution in [-0.4, -0.2) is 18.0 Å². The lowest BCUT2D eigenvalue weighted by molar-refractivity contribution is 0.102. The summed E-state index contributed by atoms with van der Waals surface area (Å²) in [4.78, 5) is 17.5. The molecular weight excluding hydrogens is 355 g/mol. The second-order valence-electron chi connectivity index (χ2n) is 6.80. The van der Waals surface area contributed by atoms with Gasteiger partial charge < -0.3 is 10.1 Å². The van der Waals surface area contributed by atoms with Crippen molar-refractivity contribution in [1.29, 1.82) is 0 Å². The molecule has 0 fully saturated rings. The molecular formula is C23H23FN2O2. The van der Waals surface area contributed by atoms with Crippen molar-refractivity contribution in [2.24, 2.45) is 0 Å². The van der Waals surface area contributed by atoms with E-state index in [1.165, 1.54) is 12.1 Å². The van der Waals surface area contributed by atoms with Crippen LogP contribution in [0, 0.1) is 26.6 Å². The molecule has 0 aliphatic carbocycles. The smallest absolute Gasteiger partial charge is 0.274 e. The topological polar surface area (TPSA) is 51.2 Å². The van der Waals surface area contributed by atoms with E-state index < -0.39 is 0 Å². The van der Waals surface area contributed by atoms with Crippen molar-refractivity contribution in [2.45, 2.75) is 27.4 Å². The van der Waals surface area contributed by atoms with Crippen molar-refractivity contribution in [2.75, 3.05) is 12.4 Å². The number of amides is 1. The van der Waals surface area contributed by atoms with E-state index in [0.29, 0.717) is 23.6 Å². The lowest BCUT2D eigenvalue weighted by atomic mass is 10.0. The number of rotatable bonds is 5. The Morgan fingerprint density at radius 3 is 2.54 bits per heavy atom. The zero-order valence-corrected chi connectivity index (χ0v) is 16.5. The molecule has 0 aliphatic heterocycles. The van der Waals surface area contributed by atoms with Gasteiger partial charge in [-0.05, 0) is 61.2 Å². The molecule has 1 aromatic heterocycles. The SMILES string of the molecule is COCc1ccc(C)c(NC(=O)c2nc(-c3cccc(F)c3)ccc2C)c1C. The number of anilines is 1. The fourth-order valence-corrected chi connectivity index (χ4v) is 3.13. The molecule has 28 heavy (non-hydrogen) atoms. The van der Waals surface area contributed by atoms with Crippen molar-refractivity contribution in [3.05, 3.63) is 82.3 Å². The highest BCUT2D eigenvalue weighted by atomic mass is 19.1. The second-order valence-corrected chi connectivity index (χ2v) is 6.80. The number of carbonyl (C=O) groups is 1. The van der Waals surface area contributed by atoms with Crippen LogP contribution >= 0.6 is 0 Å². The van der Waals surface area contributed by atoms with Crippen molar-refractivity contribution in [3.63, 3.8) is 0 Å². The van der Waals surface area contributed by atoms with Gasteiger partial charge in [-0.1, -0.05) is 30.3 Å². The minimum absolute atomic E-state index is 0.295. The summed E-state index contributed by atoms with van der Waals surface area (Å²) in [6.45, 7) is 6.21. The molecule has 3 rings (SSSR count). The maximum atomic E-state index is 13.6. The van der Waals surface area contributed by atoms with Crippen molar-refractivity contribution >= 4 is 11.6 Å². The summed E-state index contributed by atoms with van der Waals surface area (Å²) < 4.78 is 18.8. The summed E-state index contributed by atoms with van der Waals surface area (Å²) in [6.07, 6.45) is 0. The van der Waals surface area contributed by atoms with Gasteiger partial charge >= 0.3 is 0 Å². The Bertz CT molecular complexity index is 1030. The molecule has 0 atom stereocenters. The van der Waals surface area contributed by atoms with E-state index in [1.54, 1.807) is 25.3 Å². The van der Waals surface area contributed by atoms with Crippen LogP contribution in [0.15, 0.2) is 48.5 Å². The first-order chi connectivity index (χ1) is 13.4. The van der Waals surface area contributed by atoms with Gasteiger partial charge in [0, 0.05) is 18.4 Å². The second kappa shape index (κ2) is 8.31. The maximum absolute atomic E-state index is 13.6. The van der Waals surface area contributed by atoms with E-state index in [0.717, 1.165) is 27.9 Å². The van der Waals surface area contributed by atoms with Gasteiger partial charge in [0.15, 0.2) is 0 Å². The number of methoxy groups -OCH3 is 1. The van der Waals surface area contributed by atoms with E-state index in [9.17, 15) is 9.18 Å². The Morgan fingerprint density at radius 1 is 1.07 bits per heavy atom. The first-order valence-electron chi connectivity index (χ1n) is 9.03. The highest BCUT2D eigenvalue weighted by Gasteiger charge is 2.16. The van der Waals surface area contributed by atoms with Gasteiger partial charge in [-0.25, -0.2) is 9.37 Å². The molecule has 1 amide bonds. The maximum Gasteiger partial charge on any atom is 0.274 e. The molecule has 0 spiro atoms. The molecule has 0 saturated heterocycles. The predicted molar refractivity (Wildman–Crippen MR) is 109 cm³/mol. The highest BCUT2D eigenvalue weighted by molar-refractivity contribution is 6.05. The van der Waals surface area contributed by atoms with Crippen LogP contribution in [-0.2, 0) is 11.3 Å². The minimum atomic E-state index is -0.341. The van der Waals surface area contributed by atoms with Crippen LogP contribution in [0.5, 0.6) is 0 Å². The van der Waals surface area contributed by atoms with E-state index in [1.807, 2.05) is 39.0 Å². The number of hydrogen-bond donors (Lipinski definition) is 1. The number of pyridine rings is 1. The van der Waals surface area contributed by atoms with Crippen LogP contribution in [0.25, 0.3) is 11.3 Å². The normalized spacial score (nSPS) is 10.8. The number of carbonyl (C=O) groups excluding carboxylic acids is 1. The summed E-state index contributed by atoms with van der Waals surface area (Å²) >= 11 is 0. The molecule has 0 radical (unpaired) electrons. The lowest BCUT2D eigenvalue weighted by Gasteiger charge is -2.16. The third kappa shape index (κ3) is 4.10. The molecule has 0 aliphatic rings. The number of benzene rings is 2. The van der Waals surface area contributed by atoms with Gasteiger partial charge in [0.1, 0.15) is 11.5 Å². The largest absolute Gasteiger partial charge is 0.380 e. The van der Waals surface area contributed by atoms with Gasteiger partial charge in [-0.2, -0.15) is 0 Å². The van der Waals surface area contributed by atoms with Crippen molar-refractivity contribution in [1.82, 2.24) is 4.98 Å². The molecule has 1 heterocycles. The molecule has 3 aromatic rings. The summed E-state index contributed by atoms with van der Waals surface area (Å²) in [5.74, 6) is -0.636. The Labute approximate surface area is 164 Å². The average Bonchev–Trinajstić information content (AvgIpc) is 2.67. The highest BCUT2D eigenvalue weighted by Crippen LogP contribution is 2.26. The molecule has 1 N–H and O–H groups in total. The average molecular weight is 378 g/mol. The number of aromatic nitrogens is 1. The van der Waals surface area contributed by atoms with Gasteiger partial charge in [-0.3, -0.25) is 4.79 Å². The Morgan fingerprint density at radius 2 is 1.82 bits per heavy atom. The molecule has 0 unspecified atom stereocenters. The van der Waals surface area contributed by atoms with Gasteiger partial charge in [0.25, 0.3) is 5.91 Å². The first-order valence-corrected chi connectivity index (χ1v) is 9.03. The van der Waals surface area contributed by atoms with E-state index in [2.05, 4.69) is 10.3 Å². The van der Waals surface area contributed by atoms with Gasteiger partial charge in [-0.15, -0.1) is 0 Å². The molecule has 4 nitrogen and oxygen atoms in total. The van der Waals surface area contributed by atoms with E-state index in [4.69, 9.17) is 4.74 Å². The summed E-state index contributed by atoms with van der Waals surface area (Å²) in [6, 6.07) is 13.7. The summed E-state index contributed by atoms with van der Waals surface area (Å²) in [5, 5.41) is 2.99. The van der Waals surface area contributed by atoms with Crippen LogP contribution in [0.4, 0.5) is 10.1 Å². The number of ether oxygens (including phenoxy) is 1. The lowest BCUT2D eigenvalue weighted by Crippen LogP contribution is -2.17. The fraction of sp³-hybridized carbons (Fsp3) is 0.217. The van der Waals surface area contributed by atoms with Crippen LogP contribution in [0.3, 0.4) is 0 Å². The minimum Gasteiger partial charge on any atom is -0.380 e. The summed E-state index contributed by atoms with van der Waals surface area (Å²) in [7, 11) is 1.64. The first kappa shape index (κ1) is 19.7. The quantitative estimate of drug-likeness (QED) is 0.663. The molecule has 0 bridgehead atoms. The van der Waals surface area contributed by atoms with E-state index in [-0.39, 0.29) is 11.7 Å². The Hall–Kier alpha value is -3.05. The monoisotopic (exact) mass is 378 g/mol. The third-order valence-corrected chi connectivity index (χ3v) is 4.76. The number of nitrogens with one attached hydrogen (secondary N) is 1. The molecule has 5 heteroatoms. The number of aryl methyl sites for hydroxylation is 2. The fourth-order valence-electron chi connectivity index (χ4n) is 3.13. The standard InChI is InChI=1S/C23H23FN2O2/c1-14-8-10-18(13-28-4)16(3)21(14)26-23(27)22-15(2)9-11-20(25-22)17-6-5-7-19(24)12-17/h5-12H,13H2,1-4H3,(H,26,27). The Balaban J connectivity index is 1.95. The Kier molecular flexibility index (Phi) is 5.85. The number of hydrogen-bond acceptors (Lipinski definition) is 3. The molecule has 0 saturated carbocycles. The zero-order valence-electron chi connectivity index (χ0n) is 16.5. The van der Waals surface area contributed by atoms with Crippen molar-refractivity contribution < 1.29 is 13.9 Å². The van der Waals surface area contributed by atoms with Crippen LogP contribution < -0.4 is 5.32 Å². The zero-order chi connectivity index (χ0) is 20.3. The van der Waals surface area contributed by atoms with Crippen LogP contribution in [0.1, 0.15) is 32.7 Å². The molecule has 144 valence electrons. The van der Waals surface area contributed by atoms with Crippen molar-refractivity contribution in [3.8, 4) is 11.3 Å². The van der Waals surface area contributed by atoms with E-state index >= 15 is 0 Å². The predicted octanol–water partition coefficient (Wildman–Crippen LogP) is 5.21. The third-order valence-electron chi connectivity index (χ3n) is 4.76.